The third kappa shape index (κ3) is 5.55. The van der Waals surface area contributed by atoms with Gasteiger partial charge in [-0.05, 0) is 49.9 Å². The number of carbonyl (C=O) groups is 1. The zero-order valence-electron chi connectivity index (χ0n) is 19.7. The number of amides is 1. The van der Waals surface area contributed by atoms with Gasteiger partial charge in [-0.25, -0.2) is 0 Å². The number of hydrogen-bond acceptors (Lipinski definition) is 4. The van der Waals surface area contributed by atoms with E-state index in [2.05, 4.69) is 10.2 Å². The minimum atomic E-state index is -5.01. The monoisotopic (exact) mass is 516 g/mol. The predicted octanol–water partition coefficient (Wildman–Crippen LogP) is 5.67. The maximum atomic E-state index is 13.2. The highest BCUT2D eigenvalue weighted by molar-refractivity contribution is 5.94. The number of carbonyl (C=O) groups excluding carboxylic acids is 1. The van der Waals surface area contributed by atoms with Crippen molar-refractivity contribution in [3.63, 3.8) is 0 Å². The van der Waals surface area contributed by atoms with Crippen molar-refractivity contribution in [3.05, 3.63) is 58.7 Å². The number of halogens is 6. The molecule has 2 aliphatic heterocycles. The van der Waals surface area contributed by atoms with Crippen LogP contribution in [-0.2, 0) is 18.9 Å². The van der Waals surface area contributed by atoms with Crippen LogP contribution in [0.3, 0.4) is 0 Å². The van der Waals surface area contributed by atoms with E-state index in [0.29, 0.717) is 43.0 Å². The largest absolute Gasteiger partial charge is 0.497 e. The average Bonchev–Trinajstić information content (AvgIpc) is 3.05. The molecular weight excluding hydrogens is 490 g/mol. The molecule has 0 aromatic heterocycles. The summed E-state index contributed by atoms with van der Waals surface area (Å²) in [7, 11) is 3.14. The maximum Gasteiger partial charge on any atom is 0.416 e. The van der Waals surface area contributed by atoms with Gasteiger partial charge in [0.05, 0.1) is 25.3 Å². The Morgan fingerprint density at radius 2 is 1.50 bits per heavy atom. The third-order valence-electron chi connectivity index (χ3n) is 6.92. The average molecular weight is 516 g/mol. The predicted molar refractivity (Wildman–Crippen MR) is 119 cm³/mol. The van der Waals surface area contributed by atoms with E-state index in [1.165, 1.54) is 0 Å². The number of hydrogen-bond donors (Lipinski definition) is 1. The van der Waals surface area contributed by atoms with E-state index in [4.69, 9.17) is 9.47 Å². The Bertz CT molecular complexity index is 1070. The molecule has 11 heteroatoms. The zero-order chi connectivity index (χ0) is 26.3. The molecule has 196 valence electrons. The number of nitrogens with zero attached hydrogens (tertiary/aromatic N) is 1. The molecule has 0 radical (unpaired) electrons. The fourth-order valence-corrected chi connectivity index (χ4v) is 5.18. The summed E-state index contributed by atoms with van der Waals surface area (Å²) in [5.41, 5.74) is -2.70. The Balaban J connectivity index is 1.47. The minimum absolute atomic E-state index is 0.0168. The van der Waals surface area contributed by atoms with Crippen LogP contribution in [0.15, 0.2) is 36.4 Å². The molecule has 0 aliphatic carbocycles. The van der Waals surface area contributed by atoms with Gasteiger partial charge in [0.1, 0.15) is 11.5 Å². The number of nitrogens with one attached hydrogen (secondary N) is 1. The molecule has 2 unspecified atom stereocenters. The normalized spacial score (nSPS) is 22.4. The lowest BCUT2D eigenvalue weighted by Gasteiger charge is -2.39. The standard InChI is InChI=1S/C25H26F6N2O3/c1-35-21-6-3-14(22(12-21)36-2)13-33-19-4-5-20(33)11-18(10-19)32-23(34)15-7-16(24(26,27)28)9-17(8-15)25(29,30)31/h3,6-9,12,18-20H,4-5,10-11,13H2,1-2H3,(H,32,34). The summed E-state index contributed by atoms with van der Waals surface area (Å²) in [4.78, 5) is 15.1. The second kappa shape index (κ2) is 9.84. The van der Waals surface area contributed by atoms with E-state index in [9.17, 15) is 31.1 Å². The van der Waals surface area contributed by atoms with Gasteiger partial charge in [0.15, 0.2) is 0 Å². The van der Waals surface area contributed by atoms with Gasteiger partial charge in [-0.2, -0.15) is 26.3 Å². The van der Waals surface area contributed by atoms with Crippen LogP contribution >= 0.6 is 0 Å². The fourth-order valence-electron chi connectivity index (χ4n) is 5.18. The number of piperidine rings is 1. The maximum absolute atomic E-state index is 13.2. The van der Waals surface area contributed by atoms with E-state index >= 15 is 0 Å². The highest BCUT2D eigenvalue weighted by atomic mass is 19.4. The third-order valence-corrected chi connectivity index (χ3v) is 6.92. The zero-order valence-corrected chi connectivity index (χ0v) is 19.7. The Morgan fingerprint density at radius 3 is 2.00 bits per heavy atom. The first kappa shape index (κ1) is 26.1. The highest BCUT2D eigenvalue weighted by Crippen LogP contribution is 2.39. The SMILES string of the molecule is COc1ccc(CN2C3CCC2CC(NC(=O)c2cc(C(F)(F)F)cc(C(F)(F)F)c2)C3)c(OC)c1. The summed E-state index contributed by atoms with van der Waals surface area (Å²) in [6, 6.07) is 6.40. The van der Waals surface area contributed by atoms with Crippen molar-refractivity contribution >= 4 is 5.91 Å². The van der Waals surface area contributed by atoms with Gasteiger partial charge < -0.3 is 14.8 Å². The van der Waals surface area contributed by atoms with Crippen molar-refractivity contribution < 1.29 is 40.6 Å². The van der Waals surface area contributed by atoms with Crippen LogP contribution in [0.1, 0.15) is 52.7 Å². The molecule has 1 amide bonds. The van der Waals surface area contributed by atoms with E-state index in [0.717, 1.165) is 18.4 Å². The van der Waals surface area contributed by atoms with Gasteiger partial charge in [-0.3, -0.25) is 9.69 Å². The lowest BCUT2D eigenvalue weighted by Crippen LogP contribution is -2.50. The van der Waals surface area contributed by atoms with Crippen LogP contribution in [0.4, 0.5) is 26.3 Å². The fraction of sp³-hybridized carbons (Fsp3) is 0.480. The summed E-state index contributed by atoms with van der Waals surface area (Å²) in [5.74, 6) is 0.415. The molecule has 2 aromatic rings. The summed E-state index contributed by atoms with van der Waals surface area (Å²) in [5, 5.41) is 2.67. The number of fused-ring (bicyclic) bond motifs is 2. The van der Waals surface area contributed by atoms with Gasteiger partial charge >= 0.3 is 12.4 Å². The number of alkyl halides is 6. The van der Waals surface area contributed by atoms with Crippen molar-refractivity contribution in [1.82, 2.24) is 10.2 Å². The molecule has 4 rings (SSSR count). The molecule has 2 aromatic carbocycles. The van der Waals surface area contributed by atoms with Gasteiger partial charge in [0, 0.05) is 41.9 Å². The number of ether oxygens (including phenoxy) is 2. The Kier molecular flexibility index (Phi) is 7.14. The molecular formula is C25H26F6N2O3. The van der Waals surface area contributed by atoms with E-state index in [1.807, 2.05) is 12.1 Å². The second-order valence-corrected chi connectivity index (χ2v) is 9.17. The lowest BCUT2D eigenvalue weighted by molar-refractivity contribution is -0.143. The van der Waals surface area contributed by atoms with Crippen molar-refractivity contribution in [3.8, 4) is 11.5 Å². The van der Waals surface area contributed by atoms with Crippen LogP contribution in [0.2, 0.25) is 0 Å². The van der Waals surface area contributed by atoms with Crippen molar-refractivity contribution in [2.45, 2.75) is 62.7 Å². The Labute approximate surface area is 204 Å². The summed E-state index contributed by atoms with van der Waals surface area (Å²) in [6.45, 7) is 0.617. The summed E-state index contributed by atoms with van der Waals surface area (Å²) >= 11 is 0. The molecule has 0 spiro atoms. The van der Waals surface area contributed by atoms with Gasteiger partial charge in [0.2, 0.25) is 0 Å². The summed E-state index contributed by atoms with van der Waals surface area (Å²) in [6.07, 6.45) is -7.15. The summed E-state index contributed by atoms with van der Waals surface area (Å²) < 4.78 is 89.7. The lowest BCUT2D eigenvalue weighted by atomic mass is 9.95. The Hall–Kier alpha value is -2.95. The second-order valence-electron chi connectivity index (χ2n) is 9.17. The molecule has 2 saturated heterocycles. The molecule has 5 nitrogen and oxygen atoms in total. The first-order valence-electron chi connectivity index (χ1n) is 11.5. The molecule has 2 atom stereocenters. The van der Waals surface area contributed by atoms with E-state index in [-0.39, 0.29) is 24.2 Å². The smallest absolute Gasteiger partial charge is 0.416 e. The van der Waals surface area contributed by atoms with E-state index < -0.39 is 35.0 Å². The molecule has 2 fully saturated rings. The molecule has 2 heterocycles. The first-order valence-corrected chi connectivity index (χ1v) is 11.5. The topological polar surface area (TPSA) is 50.8 Å². The van der Waals surface area contributed by atoms with Gasteiger partial charge in [-0.15, -0.1) is 0 Å². The van der Waals surface area contributed by atoms with Crippen LogP contribution in [-0.4, -0.2) is 43.2 Å². The van der Waals surface area contributed by atoms with Crippen molar-refractivity contribution in [2.24, 2.45) is 0 Å². The van der Waals surface area contributed by atoms with Gasteiger partial charge in [0.25, 0.3) is 5.91 Å². The van der Waals surface area contributed by atoms with Crippen LogP contribution in [0.25, 0.3) is 0 Å². The van der Waals surface area contributed by atoms with Crippen LogP contribution in [0.5, 0.6) is 11.5 Å². The van der Waals surface area contributed by atoms with Crippen molar-refractivity contribution in [1.29, 1.82) is 0 Å². The molecule has 2 aliphatic rings. The van der Waals surface area contributed by atoms with Crippen LogP contribution in [0, 0.1) is 0 Å². The highest BCUT2D eigenvalue weighted by Gasteiger charge is 2.42. The quantitative estimate of drug-likeness (QED) is 0.503. The molecule has 36 heavy (non-hydrogen) atoms. The van der Waals surface area contributed by atoms with Gasteiger partial charge in [-0.1, -0.05) is 6.07 Å². The molecule has 0 saturated carbocycles. The van der Waals surface area contributed by atoms with Crippen LogP contribution < -0.4 is 14.8 Å². The Morgan fingerprint density at radius 1 is 0.917 bits per heavy atom. The van der Waals surface area contributed by atoms with E-state index in [1.54, 1.807) is 20.3 Å². The first-order chi connectivity index (χ1) is 16.9. The van der Waals surface area contributed by atoms with Crippen molar-refractivity contribution in [2.75, 3.05) is 14.2 Å². The molecule has 2 bridgehead atoms. The molecule has 1 N–H and O–H groups in total. The minimum Gasteiger partial charge on any atom is -0.497 e. The number of benzene rings is 2. The number of methoxy groups -OCH3 is 2. The number of rotatable bonds is 6.